The van der Waals surface area contributed by atoms with Gasteiger partial charge >= 0.3 is 0 Å². The summed E-state index contributed by atoms with van der Waals surface area (Å²) in [6.07, 6.45) is 0.789. The van der Waals surface area contributed by atoms with E-state index in [-0.39, 0.29) is 5.78 Å². The van der Waals surface area contributed by atoms with E-state index in [0.717, 1.165) is 10.4 Å². The van der Waals surface area contributed by atoms with Crippen LogP contribution in [0.5, 0.6) is 0 Å². The van der Waals surface area contributed by atoms with Crippen molar-refractivity contribution in [2.75, 3.05) is 0 Å². The van der Waals surface area contributed by atoms with Gasteiger partial charge in [-0.15, -0.1) is 11.3 Å². The molecule has 0 unspecified atom stereocenters. The number of ketones is 1. The van der Waals surface area contributed by atoms with Crippen LogP contribution in [0.15, 0.2) is 35.7 Å². The quantitative estimate of drug-likeness (QED) is 0.813. The molecule has 17 heavy (non-hydrogen) atoms. The van der Waals surface area contributed by atoms with Crippen LogP contribution in [0.25, 0.3) is 0 Å². The van der Waals surface area contributed by atoms with Gasteiger partial charge in [0.25, 0.3) is 0 Å². The van der Waals surface area contributed by atoms with Crippen LogP contribution in [0.4, 0.5) is 0 Å². The van der Waals surface area contributed by atoms with E-state index in [9.17, 15) is 4.79 Å². The summed E-state index contributed by atoms with van der Waals surface area (Å²) in [6, 6.07) is 9.27. The monoisotopic (exact) mass is 284 g/mol. The minimum absolute atomic E-state index is 0.150. The molecule has 0 aliphatic carbocycles. The Balaban J connectivity index is 2.06. The molecule has 88 valence electrons. The summed E-state index contributed by atoms with van der Waals surface area (Å²) in [6.45, 7) is 0. The highest BCUT2D eigenvalue weighted by Crippen LogP contribution is 2.26. The van der Waals surface area contributed by atoms with Crippen molar-refractivity contribution in [3.8, 4) is 0 Å². The summed E-state index contributed by atoms with van der Waals surface area (Å²) in [5, 5.41) is 2.94. The highest BCUT2D eigenvalue weighted by Gasteiger charge is 2.10. The first-order chi connectivity index (χ1) is 8.16. The molecule has 0 bridgehead atoms. The van der Waals surface area contributed by atoms with Crippen LogP contribution < -0.4 is 0 Å². The predicted molar refractivity (Wildman–Crippen MR) is 73.2 cm³/mol. The van der Waals surface area contributed by atoms with E-state index < -0.39 is 0 Å². The van der Waals surface area contributed by atoms with Crippen molar-refractivity contribution in [1.29, 1.82) is 0 Å². The fourth-order valence-corrected chi connectivity index (χ4v) is 2.69. The molecule has 0 N–H and O–H groups in total. The first kappa shape index (κ1) is 12.6. The maximum atomic E-state index is 11.8. The summed E-state index contributed by atoms with van der Waals surface area (Å²) in [7, 11) is 0. The Hall–Kier alpha value is -0.830. The van der Waals surface area contributed by atoms with Gasteiger partial charge < -0.3 is 0 Å². The van der Waals surface area contributed by atoms with E-state index in [1.807, 2.05) is 29.6 Å². The number of carbonyl (C=O) groups is 1. The minimum Gasteiger partial charge on any atom is -0.299 e. The molecule has 1 nitrogen and oxygen atoms in total. The molecule has 0 atom stereocenters. The summed E-state index contributed by atoms with van der Waals surface area (Å²) < 4.78 is 0. The lowest BCUT2D eigenvalue weighted by atomic mass is 10.1. The Kier molecular flexibility index (Phi) is 4.21. The van der Waals surface area contributed by atoms with Gasteiger partial charge in [0, 0.05) is 17.7 Å². The van der Waals surface area contributed by atoms with Gasteiger partial charge in [-0.3, -0.25) is 4.79 Å². The molecule has 1 aromatic heterocycles. The minimum atomic E-state index is 0.150. The highest BCUT2D eigenvalue weighted by atomic mass is 35.5. The van der Waals surface area contributed by atoms with Crippen LogP contribution >= 0.6 is 34.5 Å². The molecule has 2 rings (SSSR count). The molecule has 0 saturated heterocycles. The maximum absolute atomic E-state index is 11.8. The summed E-state index contributed by atoms with van der Waals surface area (Å²) in [5.74, 6) is 0.150. The number of hydrogen-bond donors (Lipinski definition) is 0. The number of carbonyl (C=O) groups excluding carboxylic acids is 1. The van der Waals surface area contributed by atoms with Crippen molar-refractivity contribution in [2.24, 2.45) is 0 Å². The first-order valence-corrected chi connectivity index (χ1v) is 6.77. The Morgan fingerprint density at radius 1 is 1.12 bits per heavy atom. The zero-order chi connectivity index (χ0) is 12.3. The molecule has 0 fully saturated rings. The average molecular weight is 285 g/mol. The van der Waals surface area contributed by atoms with E-state index in [2.05, 4.69) is 0 Å². The third-order valence-corrected chi connectivity index (χ3v) is 4.11. The van der Waals surface area contributed by atoms with Gasteiger partial charge in [-0.2, -0.15) is 0 Å². The highest BCUT2D eigenvalue weighted by molar-refractivity contribution is 7.10. The summed E-state index contributed by atoms with van der Waals surface area (Å²) >= 11 is 13.5. The Morgan fingerprint density at radius 2 is 1.94 bits per heavy atom. The second-order valence-corrected chi connectivity index (χ2v) is 5.50. The van der Waals surface area contributed by atoms with Gasteiger partial charge in [0.15, 0.2) is 0 Å². The second-order valence-electron chi connectivity index (χ2n) is 3.68. The van der Waals surface area contributed by atoms with Crippen molar-refractivity contribution in [3.05, 3.63) is 56.2 Å². The molecule has 4 heteroatoms. The Labute approximate surface area is 114 Å². The van der Waals surface area contributed by atoms with Crippen molar-refractivity contribution in [1.82, 2.24) is 0 Å². The summed E-state index contributed by atoms with van der Waals surface area (Å²) in [5.41, 5.74) is 0.792. The molecular weight excluding hydrogens is 275 g/mol. The predicted octanol–water partition coefficient (Wildman–Crippen LogP) is 4.41. The normalized spacial score (nSPS) is 10.5. The van der Waals surface area contributed by atoms with Crippen molar-refractivity contribution in [2.45, 2.75) is 12.8 Å². The van der Waals surface area contributed by atoms with Gasteiger partial charge in [0.1, 0.15) is 5.78 Å². The fourth-order valence-electron chi connectivity index (χ4n) is 1.57. The van der Waals surface area contributed by atoms with E-state index >= 15 is 0 Å². The molecular formula is C13H10Cl2OS. The number of rotatable bonds is 4. The lowest BCUT2D eigenvalue weighted by molar-refractivity contribution is -0.117. The molecule has 0 aliphatic heterocycles. The Bertz CT molecular complexity index is 520. The van der Waals surface area contributed by atoms with Gasteiger partial charge in [0.2, 0.25) is 0 Å². The van der Waals surface area contributed by atoms with Crippen molar-refractivity contribution < 1.29 is 4.79 Å². The smallest absolute Gasteiger partial charge is 0.142 e. The van der Waals surface area contributed by atoms with E-state index in [0.29, 0.717) is 22.9 Å². The van der Waals surface area contributed by atoms with Gasteiger partial charge in [-0.25, -0.2) is 0 Å². The molecule has 0 amide bonds. The zero-order valence-corrected chi connectivity index (χ0v) is 11.3. The lowest BCUT2D eigenvalue weighted by Gasteiger charge is -2.04. The first-order valence-electron chi connectivity index (χ1n) is 5.14. The SMILES string of the molecule is O=C(Cc1cccs1)Cc1cccc(Cl)c1Cl. The van der Waals surface area contributed by atoms with E-state index in [1.165, 1.54) is 0 Å². The van der Waals surface area contributed by atoms with Crippen LogP contribution in [0.2, 0.25) is 10.0 Å². The molecule has 0 aliphatic rings. The number of halogens is 2. The van der Waals surface area contributed by atoms with Crippen molar-refractivity contribution in [3.63, 3.8) is 0 Å². The topological polar surface area (TPSA) is 17.1 Å². The van der Waals surface area contributed by atoms with Crippen molar-refractivity contribution >= 4 is 40.3 Å². The average Bonchev–Trinajstić information content (AvgIpc) is 2.77. The molecule has 1 heterocycles. The number of Topliss-reactive ketones (excluding diaryl/α,β-unsaturated/α-hetero) is 1. The standard InChI is InChI=1S/C13H10Cl2OS/c14-12-5-1-3-9(13(12)15)7-10(16)8-11-4-2-6-17-11/h1-6H,7-8H2. The van der Waals surface area contributed by atoms with Gasteiger partial charge in [0.05, 0.1) is 10.0 Å². The maximum Gasteiger partial charge on any atom is 0.142 e. The van der Waals surface area contributed by atoms with Gasteiger partial charge in [-0.1, -0.05) is 41.4 Å². The Morgan fingerprint density at radius 3 is 2.65 bits per heavy atom. The third-order valence-electron chi connectivity index (χ3n) is 2.37. The second kappa shape index (κ2) is 5.67. The largest absolute Gasteiger partial charge is 0.299 e. The van der Waals surface area contributed by atoms with Crippen LogP contribution in [0, 0.1) is 0 Å². The fraction of sp³-hybridized carbons (Fsp3) is 0.154. The van der Waals surface area contributed by atoms with E-state index in [1.54, 1.807) is 17.4 Å². The molecule has 0 saturated carbocycles. The molecule has 0 spiro atoms. The zero-order valence-electron chi connectivity index (χ0n) is 8.95. The molecule has 2 aromatic rings. The van der Waals surface area contributed by atoms with Crippen LogP contribution in [0.1, 0.15) is 10.4 Å². The molecule has 0 radical (unpaired) electrons. The van der Waals surface area contributed by atoms with Crippen LogP contribution in [-0.2, 0) is 17.6 Å². The van der Waals surface area contributed by atoms with Crippen LogP contribution in [0.3, 0.4) is 0 Å². The van der Waals surface area contributed by atoms with E-state index in [4.69, 9.17) is 23.2 Å². The lowest BCUT2D eigenvalue weighted by Crippen LogP contribution is -2.06. The summed E-state index contributed by atoms with van der Waals surface area (Å²) in [4.78, 5) is 12.9. The number of thiophene rings is 1. The van der Waals surface area contributed by atoms with Crippen LogP contribution in [-0.4, -0.2) is 5.78 Å². The number of hydrogen-bond acceptors (Lipinski definition) is 2. The number of benzene rings is 1. The van der Waals surface area contributed by atoms with Gasteiger partial charge in [-0.05, 0) is 23.1 Å². The molecule has 1 aromatic carbocycles. The third kappa shape index (κ3) is 3.32.